The van der Waals surface area contributed by atoms with Gasteiger partial charge in [-0.05, 0) is 30.3 Å². The van der Waals surface area contributed by atoms with E-state index >= 15 is 0 Å². The highest BCUT2D eigenvalue weighted by atomic mass is 19.4. The third-order valence-electron chi connectivity index (χ3n) is 4.38. The van der Waals surface area contributed by atoms with E-state index in [1.165, 1.54) is 30.9 Å². The number of rotatable bonds is 4. The minimum Gasteiger partial charge on any atom is -0.485 e. The number of aromatic nitrogens is 5. The lowest BCUT2D eigenvalue weighted by Gasteiger charge is -2.15. The van der Waals surface area contributed by atoms with Crippen LogP contribution in [0.15, 0.2) is 49.1 Å². The lowest BCUT2D eigenvalue weighted by atomic mass is 10.1. The fourth-order valence-electron chi connectivity index (χ4n) is 2.94. The van der Waals surface area contributed by atoms with E-state index in [1.54, 1.807) is 23.7 Å². The topological polar surface area (TPSA) is 89.5 Å². The average molecular weight is 410 g/mol. The van der Waals surface area contributed by atoms with E-state index in [2.05, 4.69) is 19.9 Å². The van der Waals surface area contributed by atoms with E-state index in [0.717, 1.165) is 6.07 Å². The lowest BCUT2D eigenvalue weighted by Crippen LogP contribution is -2.10. The zero-order chi connectivity index (χ0) is 21.3. The molecule has 0 atom stereocenters. The average Bonchev–Trinajstić information content (AvgIpc) is 3.12. The predicted octanol–water partition coefficient (Wildman–Crippen LogP) is 3.89. The third-order valence-corrected chi connectivity index (χ3v) is 4.38. The first-order chi connectivity index (χ1) is 14.4. The van der Waals surface area contributed by atoms with Crippen molar-refractivity contribution in [2.24, 2.45) is 7.05 Å². The molecule has 0 amide bonds. The summed E-state index contributed by atoms with van der Waals surface area (Å²) < 4.78 is 48.1. The Morgan fingerprint density at radius 1 is 1.13 bits per heavy atom. The molecule has 0 aliphatic carbocycles. The van der Waals surface area contributed by atoms with Gasteiger partial charge in [0, 0.05) is 25.0 Å². The second-order valence-electron chi connectivity index (χ2n) is 6.35. The molecule has 0 spiro atoms. The SMILES string of the molecule is Cn1cnc2c(C#N)nc(-c3ccc(OCc4ncccn4)c(C(F)(F)F)c3)cc21. The number of nitriles is 1. The Bertz CT molecular complexity index is 1260. The maximum absolute atomic E-state index is 13.7. The first kappa shape index (κ1) is 19.3. The maximum atomic E-state index is 13.7. The van der Waals surface area contributed by atoms with Crippen molar-refractivity contribution in [3.8, 4) is 23.1 Å². The van der Waals surface area contributed by atoms with Crippen molar-refractivity contribution in [1.82, 2.24) is 24.5 Å². The van der Waals surface area contributed by atoms with E-state index in [9.17, 15) is 18.4 Å². The zero-order valence-corrected chi connectivity index (χ0v) is 15.6. The van der Waals surface area contributed by atoms with Gasteiger partial charge in [0.2, 0.25) is 0 Å². The maximum Gasteiger partial charge on any atom is 0.419 e. The Labute approximate surface area is 168 Å². The molecular formula is C20H13F3N6O. The molecule has 0 fully saturated rings. The number of imidazole rings is 1. The number of ether oxygens (including phenoxy) is 1. The Morgan fingerprint density at radius 2 is 1.90 bits per heavy atom. The molecule has 3 heterocycles. The molecule has 7 nitrogen and oxygen atoms in total. The molecule has 0 aliphatic rings. The molecule has 3 aromatic heterocycles. The first-order valence-corrected chi connectivity index (χ1v) is 8.69. The molecule has 30 heavy (non-hydrogen) atoms. The zero-order valence-electron chi connectivity index (χ0n) is 15.6. The van der Waals surface area contributed by atoms with E-state index in [0.29, 0.717) is 11.0 Å². The van der Waals surface area contributed by atoms with Crippen LogP contribution in [-0.4, -0.2) is 24.5 Å². The summed E-state index contributed by atoms with van der Waals surface area (Å²) in [5, 5.41) is 9.35. The van der Waals surface area contributed by atoms with Gasteiger partial charge in [0.15, 0.2) is 11.5 Å². The number of nitrogens with zero attached hydrogens (tertiary/aromatic N) is 6. The van der Waals surface area contributed by atoms with Crippen molar-refractivity contribution >= 4 is 11.0 Å². The highest BCUT2D eigenvalue weighted by molar-refractivity contribution is 5.84. The smallest absolute Gasteiger partial charge is 0.419 e. The first-order valence-electron chi connectivity index (χ1n) is 8.69. The molecule has 0 saturated heterocycles. The number of aryl methyl sites for hydroxylation is 1. The van der Waals surface area contributed by atoms with Crippen molar-refractivity contribution in [3.63, 3.8) is 0 Å². The number of hydrogen-bond acceptors (Lipinski definition) is 6. The molecule has 4 aromatic rings. The van der Waals surface area contributed by atoms with Crippen LogP contribution in [0.2, 0.25) is 0 Å². The minimum atomic E-state index is -4.66. The van der Waals surface area contributed by atoms with Crippen LogP contribution in [-0.2, 0) is 19.8 Å². The van der Waals surface area contributed by atoms with Crippen LogP contribution in [0.3, 0.4) is 0 Å². The van der Waals surface area contributed by atoms with Gasteiger partial charge in [-0.25, -0.2) is 19.9 Å². The van der Waals surface area contributed by atoms with Gasteiger partial charge in [0.1, 0.15) is 23.9 Å². The normalized spacial score (nSPS) is 11.4. The van der Waals surface area contributed by atoms with Crippen molar-refractivity contribution in [2.75, 3.05) is 0 Å². The van der Waals surface area contributed by atoms with E-state index in [-0.39, 0.29) is 35.1 Å². The molecule has 1 aromatic carbocycles. The van der Waals surface area contributed by atoms with Crippen molar-refractivity contribution in [1.29, 1.82) is 5.26 Å². The van der Waals surface area contributed by atoms with Gasteiger partial charge in [-0.3, -0.25) is 0 Å². The van der Waals surface area contributed by atoms with Crippen LogP contribution in [0.25, 0.3) is 22.3 Å². The number of hydrogen-bond donors (Lipinski definition) is 0. The van der Waals surface area contributed by atoms with Crippen LogP contribution in [0, 0.1) is 11.3 Å². The van der Waals surface area contributed by atoms with E-state index in [1.807, 2.05) is 6.07 Å². The van der Waals surface area contributed by atoms with Crippen LogP contribution >= 0.6 is 0 Å². The Balaban J connectivity index is 1.76. The van der Waals surface area contributed by atoms with Gasteiger partial charge >= 0.3 is 6.18 Å². The Morgan fingerprint density at radius 3 is 2.60 bits per heavy atom. The second-order valence-corrected chi connectivity index (χ2v) is 6.35. The number of halogens is 3. The minimum absolute atomic E-state index is 0.0400. The van der Waals surface area contributed by atoms with Gasteiger partial charge in [-0.1, -0.05) is 0 Å². The third kappa shape index (κ3) is 3.65. The number of benzene rings is 1. The largest absolute Gasteiger partial charge is 0.485 e. The monoisotopic (exact) mass is 410 g/mol. The summed E-state index contributed by atoms with van der Waals surface area (Å²) >= 11 is 0. The predicted molar refractivity (Wildman–Crippen MR) is 100 cm³/mol. The van der Waals surface area contributed by atoms with E-state index < -0.39 is 11.7 Å². The number of alkyl halides is 3. The molecule has 0 aliphatic heterocycles. The number of pyridine rings is 1. The molecule has 0 bridgehead atoms. The standard InChI is InChI=1S/C20H13F3N6O/c1-29-11-27-19-15(9-24)28-14(8-16(19)29)12-3-4-17(13(7-12)20(21,22)23)30-10-18-25-5-2-6-26-18/h2-8,11H,10H2,1H3. The summed E-state index contributed by atoms with van der Waals surface area (Å²) in [7, 11) is 1.73. The van der Waals surface area contributed by atoms with Crippen LogP contribution in [0.4, 0.5) is 13.2 Å². The molecule has 0 saturated carbocycles. The van der Waals surface area contributed by atoms with Crippen molar-refractivity contribution in [2.45, 2.75) is 12.8 Å². The highest BCUT2D eigenvalue weighted by Gasteiger charge is 2.35. The lowest BCUT2D eigenvalue weighted by molar-refractivity contribution is -0.139. The highest BCUT2D eigenvalue weighted by Crippen LogP contribution is 2.39. The summed E-state index contributed by atoms with van der Waals surface area (Å²) in [6.07, 6.45) is -0.183. The van der Waals surface area contributed by atoms with Gasteiger partial charge in [-0.15, -0.1) is 0 Å². The number of fused-ring (bicyclic) bond motifs is 1. The fraction of sp³-hybridized carbons (Fsp3) is 0.150. The summed E-state index contributed by atoms with van der Waals surface area (Å²) in [6, 6.07) is 8.77. The van der Waals surface area contributed by atoms with Gasteiger partial charge in [0.05, 0.1) is 23.1 Å². The Hall–Kier alpha value is -4.00. The van der Waals surface area contributed by atoms with Gasteiger partial charge in [0.25, 0.3) is 0 Å². The van der Waals surface area contributed by atoms with Gasteiger partial charge < -0.3 is 9.30 Å². The van der Waals surface area contributed by atoms with Crippen molar-refractivity contribution in [3.05, 3.63) is 66.1 Å². The molecule has 4 rings (SSSR count). The summed E-state index contributed by atoms with van der Waals surface area (Å²) in [5.41, 5.74) is 0.491. The Kier molecular flexibility index (Phi) is 4.79. The molecule has 0 radical (unpaired) electrons. The molecule has 10 heteroatoms. The fourth-order valence-corrected chi connectivity index (χ4v) is 2.94. The summed E-state index contributed by atoms with van der Waals surface area (Å²) in [5.74, 6) is -0.0856. The van der Waals surface area contributed by atoms with Gasteiger partial charge in [-0.2, -0.15) is 18.4 Å². The quantitative estimate of drug-likeness (QED) is 0.507. The van der Waals surface area contributed by atoms with Crippen LogP contribution in [0.1, 0.15) is 17.1 Å². The molecule has 150 valence electrons. The molecule has 0 unspecified atom stereocenters. The summed E-state index contributed by atoms with van der Waals surface area (Å²) in [6.45, 7) is -0.207. The van der Waals surface area contributed by atoms with E-state index in [4.69, 9.17) is 4.74 Å². The van der Waals surface area contributed by atoms with Crippen LogP contribution < -0.4 is 4.74 Å². The molecule has 0 N–H and O–H groups in total. The van der Waals surface area contributed by atoms with Crippen molar-refractivity contribution < 1.29 is 17.9 Å². The molecular weight excluding hydrogens is 397 g/mol. The summed E-state index contributed by atoms with van der Waals surface area (Å²) in [4.78, 5) is 16.2. The second kappa shape index (κ2) is 7.44. The van der Waals surface area contributed by atoms with Crippen LogP contribution in [0.5, 0.6) is 5.75 Å².